The maximum atomic E-state index is 9.28. The van der Waals surface area contributed by atoms with Gasteiger partial charge in [0.15, 0.2) is 0 Å². The fourth-order valence-corrected chi connectivity index (χ4v) is 3.02. The van der Waals surface area contributed by atoms with E-state index in [9.17, 15) is 5.26 Å². The van der Waals surface area contributed by atoms with E-state index in [0.717, 1.165) is 27.4 Å². The van der Waals surface area contributed by atoms with E-state index in [-0.39, 0.29) is 0 Å². The first-order valence-electron chi connectivity index (χ1n) is 6.98. The van der Waals surface area contributed by atoms with Crippen molar-refractivity contribution in [3.8, 4) is 6.07 Å². The van der Waals surface area contributed by atoms with Gasteiger partial charge in [-0.15, -0.1) is 11.3 Å². The molecule has 0 spiro atoms. The van der Waals surface area contributed by atoms with Crippen LogP contribution in [0.4, 0.5) is 5.69 Å². The zero-order chi connectivity index (χ0) is 15.4. The molecule has 1 aromatic heterocycles. The highest BCUT2D eigenvalue weighted by molar-refractivity contribution is 7.13. The fraction of sp³-hybridized carbons (Fsp3) is 0.0526. The Morgan fingerprint density at radius 1 is 0.955 bits per heavy atom. The average Bonchev–Trinajstić information content (AvgIpc) is 2.94. The molecule has 3 rings (SSSR count). The highest BCUT2D eigenvalue weighted by Crippen LogP contribution is 2.29. The highest BCUT2D eigenvalue weighted by Gasteiger charge is 2.10. The lowest BCUT2D eigenvalue weighted by Crippen LogP contribution is -2.02. The predicted octanol–water partition coefficient (Wildman–Crippen LogP) is 5.10. The summed E-state index contributed by atoms with van der Waals surface area (Å²) < 4.78 is 0. The van der Waals surface area contributed by atoms with Crippen LogP contribution in [0.1, 0.15) is 20.9 Å². The Kier molecular flexibility index (Phi) is 4.13. The molecular formula is C19H14N2S. The van der Waals surface area contributed by atoms with Crippen LogP contribution >= 0.6 is 11.3 Å². The summed E-state index contributed by atoms with van der Waals surface area (Å²) in [6.07, 6.45) is 0. The van der Waals surface area contributed by atoms with Crippen molar-refractivity contribution in [3.63, 3.8) is 0 Å². The second-order valence-electron chi connectivity index (χ2n) is 4.88. The van der Waals surface area contributed by atoms with Crippen LogP contribution in [-0.2, 0) is 0 Å². The maximum Gasteiger partial charge on any atom is 0.130 e. The van der Waals surface area contributed by atoms with E-state index in [4.69, 9.17) is 4.99 Å². The number of rotatable bonds is 3. The largest absolute Gasteiger partial charge is 0.245 e. The lowest BCUT2D eigenvalue weighted by Gasteiger charge is -2.07. The van der Waals surface area contributed by atoms with Gasteiger partial charge in [0.05, 0.1) is 11.4 Å². The summed E-state index contributed by atoms with van der Waals surface area (Å²) in [6, 6.07) is 24.3. The molecule has 0 saturated carbocycles. The Hall–Kier alpha value is -2.70. The van der Waals surface area contributed by atoms with Crippen molar-refractivity contribution in [1.29, 1.82) is 5.26 Å². The smallest absolute Gasteiger partial charge is 0.130 e. The van der Waals surface area contributed by atoms with Gasteiger partial charge in [-0.1, -0.05) is 60.7 Å². The standard InChI is InChI=1S/C19H14N2S/c1-14-12-17(18(13-20)22-14)21-19(15-8-4-2-5-9-15)16-10-6-3-7-11-16/h2-12H,1H3. The molecule has 2 nitrogen and oxygen atoms in total. The minimum Gasteiger partial charge on any atom is -0.245 e. The first-order chi connectivity index (χ1) is 10.8. The van der Waals surface area contributed by atoms with Gasteiger partial charge in [-0.05, 0) is 13.0 Å². The number of aliphatic imine (C=N–C) groups is 1. The average molecular weight is 302 g/mol. The molecule has 22 heavy (non-hydrogen) atoms. The summed E-state index contributed by atoms with van der Waals surface area (Å²) in [4.78, 5) is 6.54. The Morgan fingerprint density at radius 2 is 1.50 bits per heavy atom. The van der Waals surface area contributed by atoms with Crippen molar-refractivity contribution in [2.75, 3.05) is 0 Å². The van der Waals surface area contributed by atoms with Crippen LogP contribution in [0.25, 0.3) is 0 Å². The number of thiophene rings is 1. The number of nitrogens with zero attached hydrogens (tertiary/aromatic N) is 2. The summed E-state index contributed by atoms with van der Waals surface area (Å²) in [5.41, 5.74) is 3.71. The number of hydrogen-bond donors (Lipinski definition) is 0. The lowest BCUT2D eigenvalue weighted by molar-refractivity contribution is 1.46. The molecule has 0 aliphatic rings. The van der Waals surface area contributed by atoms with E-state index >= 15 is 0 Å². The number of nitriles is 1. The SMILES string of the molecule is Cc1cc(N=C(c2ccccc2)c2ccccc2)c(C#N)s1. The van der Waals surface area contributed by atoms with Crippen LogP contribution < -0.4 is 0 Å². The van der Waals surface area contributed by atoms with Gasteiger partial charge in [0.2, 0.25) is 0 Å². The molecule has 0 aliphatic heterocycles. The van der Waals surface area contributed by atoms with E-state index in [2.05, 4.69) is 6.07 Å². The first-order valence-corrected chi connectivity index (χ1v) is 7.79. The molecule has 0 N–H and O–H groups in total. The molecule has 0 fully saturated rings. The second kappa shape index (κ2) is 6.38. The number of aryl methyl sites for hydroxylation is 1. The summed E-state index contributed by atoms with van der Waals surface area (Å²) in [7, 11) is 0. The zero-order valence-electron chi connectivity index (χ0n) is 12.2. The van der Waals surface area contributed by atoms with Crippen molar-refractivity contribution in [2.45, 2.75) is 6.92 Å². The lowest BCUT2D eigenvalue weighted by atomic mass is 10.0. The van der Waals surface area contributed by atoms with E-state index in [1.807, 2.05) is 73.7 Å². The van der Waals surface area contributed by atoms with Gasteiger partial charge in [0.25, 0.3) is 0 Å². The van der Waals surface area contributed by atoms with Gasteiger partial charge in [-0.25, -0.2) is 4.99 Å². The van der Waals surface area contributed by atoms with E-state index < -0.39 is 0 Å². The van der Waals surface area contributed by atoms with Crippen molar-refractivity contribution in [3.05, 3.63) is 87.6 Å². The summed E-state index contributed by atoms with van der Waals surface area (Å²) in [6.45, 7) is 2.00. The van der Waals surface area contributed by atoms with Gasteiger partial charge in [-0.2, -0.15) is 5.26 Å². The van der Waals surface area contributed by atoms with Crippen LogP contribution in [0.15, 0.2) is 71.7 Å². The monoisotopic (exact) mass is 302 g/mol. The van der Waals surface area contributed by atoms with E-state index in [1.54, 1.807) is 0 Å². The minimum atomic E-state index is 0.655. The van der Waals surface area contributed by atoms with E-state index in [0.29, 0.717) is 4.88 Å². The summed E-state index contributed by atoms with van der Waals surface area (Å²) in [5, 5.41) is 9.28. The molecule has 0 bridgehead atoms. The normalized spacial score (nSPS) is 10.0. The molecule has 0 amide bonds. The van der Waals surface area contributed by atoms with Gasteiger partial charge >= 0.3 is 0 Å². The molecule has 3 aromatic rings. The molecule has 0 atom stereocenters. The fourth-order valence-electron chi connectivity index (χ4n) is 2.27. The Balaban J connectivity index is 2.18. The topological polar surface area (TPSA) is 36.1 Å². The third kappa shape index (κ3) is 2.98. The maximum absolute atomic E-state index is 9.28. The molecule has 2 aromatic carbocycles. The molecule has 0 aliphatic carbocycles. The Labute approximate surface area is 134 Å². The highest BCUT2D eigenvalue weighted by atomic mass is 32.1. The zero-order valence-corrected chi connectivity index (χ0v) is 13.0. The predicted molar refractivity (Wildman–Crippen MR) is 92.0 cm³/mol. The first kappa shape index (κ1) is 14.2. The van der Waals surface area contributed by atoms with Crippen molar-refractivity contribution in [1.82, 2.24) is 0 Å². The minimum absolute atomic E-state index is 0.655. The van der Waals surface area contributed by atoms with Crippen LogP contribution in [0.5, 0.6) is 0 Å². The van der Waals surface area contributed by atoms with Gasteiger partial charge in [0, 0.05) is 16.0 Å². The third-order valence-corrected chi connectivity index (χ3v) is 4.21. The molecule has 106 valence electrons. The number of benzene rings is 2. The third-order valence-electron chi connectivity index (χ3n) is 3.26. The van der Waals surface area contributed by atoms with Gasteiger partial charge in [-0.3, -0.25) is 0 Å². The molecule has 1 heterocycles. The Morgan fingerprint density at radius 3 is 2.00 bits per heavy atom. The Bertz CT molecular complexity index is 799. The van der Waals surface area contributed by atoms with Crippen LogP contribution in [0.3, 0.4) is 0 Å². The van der Waals surface area contributed by atoms with Crippen molar-refractivity contribution in [2.24, 2.45) is 4.99 Å². The molecule has 0 unspecified atom stereocenters. The molecule has 0 saturated heterocycles. The van der Waals surface area contributed by atoms with Gasteiger partial charge in [0.1, 0.15) is 10.9 Å². The number of hydrogen-bond acceptors (Lipinski definition) is 3. The molecule has 0 radical (unpaired) electrons. The van der Waals surface area contributed by atoms with Crippen molar-refractivity contribution < 1.29 is 0 Å². The summed E-state index contributed by atoms with van der Waals surface area (Å²) >= 11 is 1.48. The van der Waals surface area contributed by atoms with Crippen LogP contribution in [-0.4, -0.2) is 5.71 Å². The molecular weight excluding hydrogens is 288 g/mol. The van der Waals surface area contributed by atoms with Crippen LogP contribution in [0, 0.1) is 18.3 Å². The van der Waals surface area contributed by atoms with Crippen molar-refractivity contribution >= 4 is 22.7 Å². The quantitative estimate of drug-likeness (QED) is 0.620. The summed E-state index contributed by atoms with van der Waals surface area (Å²) in [5.74, 6) is 0. The second-order valence-corrected chi connectivity index (χ2v) is 6.13. The van der Waals surface area contributed by atoms with Crippen LogP contribution in [0.2, 0.25) is 0 Å². The molecule has 3 heteroatoms. The van der Waals surface area contributed by atoms with E-state index in [1.165, 1.54) is 11.3 Å². The van der Waals surface area contributed by atoms with Gasteiger partial charge < -0.3 is 0 Å².